The van der Waals surface area contributed by atoms with Crippen LogP contribution in [0.4, 0.5) is 0 Å². The number of hydrogen-bond donors (Lipinski definition) is 0. The Bertz CT molecular complexity index is 305. The smallest absolute Gasteiger partial charge is 0.317 e. The molecule has 5 heteroatoms. The Kier molecular flexibility index (Phi) is 6.09. The van der Waals surface area contributed by atoms with E-state index in [0.29, 0.717) is 12.6 Å². The first-order valence-electron chi connectivity index (χ1n) is 6.02. The van der Waals surface area contributed by atoms with Gasteiger partial charge in [-0.3, -0.25) is 0 Å². The number of ether oxygens (including phenoxy) is 1. The third-order valence-electron chi connectivity index (χ3n) is 1.41. The van der Waals surface area contributed by atoms with Crippen molar-refractivity contribution < 1.29 is 13.6 Å². The SMILES string of the molecule is CCOC(=C=C(C)O[Si](C)(C)C)O[Si](C)(C)C. The summed E-state index contributed by atoms with van der Waals surface area (Å²) in [6.07, 6.45) is 0. The van der Waals surface area contributed by atoms with E-state index >= 15 is 0 Å². The van der Waals surface area contributed by atoms with Gasteiger partial charge in [0.15, 0.2) is 0 Å². The van der Waals surface area contributed by atoms with Crippen molar-refractivity contribution >= 4 is 16.6 Å². The molecule has 17 heavy (non-hydrogen) atoms. The molecule has 0 fully saturated rings. The van der Waals surface area contributed by atoms with E-state index in [1.54, 1.807) is 0 Å². The van der Waals surface area contributed by atoms with Gasteiger partial charge in [-0.15, -0.1) is 0 Å². The Hall–Kier alpha value is -0.646. The molecule has 0 bridgehead atoms. The summed E-state index contributed by atoms with van der Waals surface area (Å²) in [5.74, 6) is 1.20. The lowest BCUT2D eigenvalue weighted by Crippen LogP contribution is -2.26. The Balaban J connectivity index is 4.95. The average molecular weight is 275 g/mol. The second-order valence-electron chi connectivity index (χ2n) is 5.83. The third-order valence-corrected chi connectivity index (χ3v) is 3.13. The van der Waals surface area contributed by atoms with Crippen molar-refractivity contribution in [2.75, 3.05) is 6.61 Å². The van der Waals surface area contributed by atoms with Crippen molar-refractivity contribution in [3.8, 4) is 0 Å². The van der Waals surface area contributed by atoms with Crippen molar-refractivity contribution in [3.05, 3.63) is 17.4 Å². The molecule has 0 rings (SSSR count). The molecule has 100 valence electrons. The molecular weight excluding hydrogens is 248 g/mol. The molecule has 0 N–H and O–H groups in total. The fourth-order valence-electron chi connectivity index (χ4n) is 1.13. The monoisotopic (exact) mass is 274 g/mol. The lowest BCUT2D eigenvalue weighted by atomic mass is 10.6. The lowest BCUT2D eigenvalue weighted by molar-refractivity contribution is 0.112. The summed E-state index contributed by atoms with van der Waals surface area (Å²) in [7, 11) is -3.25. The molecule has 0 aromatic carbocycles. The molecule has 0 radical (unpaired) electrons. The minimum Gasteiger partial charge on any atom is -0.542 e. The minimum atomic E-state index is -1.67. The highest BCUT2D eigenvalue weighted by atomic mass is 28.4. The van der Waals surface area contributed by atoms with Crippen molar-refractivity contribution in [1.82, 2.24) is 0 Å². The van der Waals surface area contributed by atoms with Gasteiger partial charge in [-0.25, -0.2) is 0 Å². The molecule has 0 aromatic heterocycles. The van der Waals surface area contributed by atoms with E-state index in [1.165, 1.54) is 0 Å². The Morgan fingerprint density at radius 2 is 1.41 bits per heavy atom. The Morgan fingerprint density at radius 1 is 0.941 bits per heavy atom. The molecule has 0 atom stereocenters. The van der Waals surface area contributed by atoms with Gasteiger partial charge in [0, 0.05) is 5.73 Å². The largest absolute Gasteiger partial charge is 0.542 e. The Labute approximate surface area is 108 Å². The molecule has 0 saturated carbocycles. The van der Waals surface area contributed by atoms with E-state index in [-0.39, 0.29) is 0 Å². The molecule has 0 aliphatic carbocycles. The maximum atomic E-state index is 5.81. The van der Waals surface area contributed by atoms with Gasteiger partial charge in [-0.2, -0.15) is 0 Å². The summed E-state index contributed by atoms with van der Waals surface area (Å²) in [4.78, 5) is 0. The Morgan fingerprint density at radius 3 is 1.76 bits per heavy atom. The third kappa shape index (κ3) is 10.2. The van der Waals surface area contributed by atoms with Crippen molar-refractivity contribution in [1.29, 1.82) is 0 Å². The average Bonchev–Trinajstić information content (AvgIpc) is 1.95. The molecule has 0 amide bonds. The maximum Gasteiger partial charge on any atom is 0.317 e. The van der Waals surface area contributed by atoms with Crippen LogP contribution in [0.3, 0.4) is 0 Å². The summed E-state index contributed by atoms with van der Waals surface area (Å²) in [6, 6.07) is 0. The first kappa shape index (κ1) is 16.4. The first-order chi connectivity index (χ1) is 7.53. The van der Waals surface area contributed by atoms with Gasteiger partial charge in [0.25, 0.3) is 0 Å². The van der Waals surface area contributed by atoms with Gasteiger partial charge < -0.3 is 13.6 Å². The van der Waals surface area contributed by atoms with Crippen LogP contribution < -0.4 is 0 Å². The summed E-state index contributed by atoms with van der Waals surface area (Å²) < 4.78 is 17.0. The zero-order valence-electron chi connectivity index (χ0n) is 12.4. The van der Waals surface area contributed by atoms with Crippen LogP contribution in [-0.4, -0.2) is 23.2 Å². The quantitative estimate of drug-likeness (QED) is 0.415. The summed E-state index contributed by atoms with van der Waals surface area (Å²) in [5.41, 5.74) is 3.07. The van der Waals surface area contributed by atoms with Crippen LogP contribution in [0.1, 0.15) is 13.8 Å². The van der Waals surface area contributed by atoms with Gasteiger partial charge in [0.05, 0.1) is 6.61 Å². The van der Waals surface area contributed by atoms with E-state index in [0.717, 1.165) is 5.76 Å². The second-order valence-corrected chi connectivity index (χ2v) is 14.7. The van der Waals surface area contributed by atoms with Crippen molar-refractivity contribution in [2.24, 2.45) is 0 Å². The summed E-state index contributed by atoms with van der Waals surface area (Å²) >= 11 is 0. The highest BCUT2D eigenvalue weighted by Crippen LogP contribution is 2.13. The highest BCUT2D eigenvalue weighted by molar-refractivity contribution is 6.70. The minimum absolute atomic E-state index is 0.461. The first-order valence-corrected chi connectivity index (χ1v) is 12.8. The van der Waals surface area contributed by atoms with Gasteiger partial charge >= 0.3 is 5.95 Å². The molecule has 0 aromatic rings. The fourth-order valence-corrected chi connectivity index (χ4v) is 2.76. The fraction of sp³-hybridized carbons (Fsp3) is 0.750. The maximum absolute atomic E-state index is 5.81. The molecule has 0 unspecified atom stereocenters. The van der Waals surface area contributed by atoms with Gasteiger partial charge in [-0.1, -0.05) is 0 Å². The van der Waals surface area contributed by atoms with Crippen molar-refractivity contribution in [3.63, 3.8) is 0 Å². The van der Waals surface area contributed by atoms with Crippen LogP contribution >= 0.6 is 0 Å². The molecule has 0 saturated heterocycles. The topological polar surface area (TPSA) is 27.7 Å². The highest BCUT2D eigenvalue weighted by Gasteiger charge is 2.19. The van der Waals surface area contributed by atoms with Crippen LogP contribution in [-0.2, 0) is 13.6 Å². The van der Waals surface area contributed by atoms with Crippen LogP contribution in [0.15, 0.2) is 17.4 Å². The predicted molar refractivity (Wildman–Crippen MR) is 76.7 cm³/mol. The number of hydrogen-bond acceptors (Lipinski definition) is 3. The molecule has 0 aliphatic rings. The van der Waals surface area contributed by atoms with Gasteiger partial charge in [0.2, 0.25) is 16.6 Å². The van der Waals surface area contributed by atoms with E-state index in [9.17, 15) is 0 Å². The molecule has 0 spiro atoms. The zero-order chi connectivity index (χ0) is 13.7. The predicted octanol–water partition coefficient (Wildman–Crippen LogP) is 4.07. The molecule has 0 aliphatic heterocycles. The van der Waals surface area contributed by atoms with E-state index in [1.807, 2.05) is 13.8 Å². The van der Waals surface area contributed by atoms with Gasteiger partial charge in [-0.05, 0) is 53.1 Å². The van der Waals surface area contributed by atoms with E-state index in [4.69, 9.17) is 13.6 Å². The summed E-state index contributed by atoms with van der Waals surface area (Å²) in [5, 5.41) is 0. The standard InChI is InChI=1S/C12H26O3Si2/c1-9-13-12(15-17(6,7)8)10-11(2)14-16(3,4)5/h9H2,1-8H3. The zero-order valence-corrected chi connectivity index (χ0v) is 14.4. The van der Waals surface area contributed by atoms with E-state index < -0.39 is 16.6 Å². The second kappa shape index (κ2) is 6.33. The number of allylic oxidation sites excluding steroid dienone is 1. The molecule has 3 nitrogen and oxygen atoms in total. The normalized spacial score (nSPS) is 11.5. The van der Waals surface area contributed by atoms with Crippen LogP contribution in [0.25, 0.3) is 0 Å². The van der Waals surface area contributed by atoms with Crippen LogP contribution in [0.2, 0.25) is 39.3 Å². The number of rotatable bonds is 6. The molecule has 0 heterocycles. The van der Waals surface area contributed by atoms with E-state index in [2.05, 4.69) is 45.0 Å². The summed E-state index contributed by atoms with van der Waals surface area (Å²) in [6.45, 7) is 17.2. The van der Waals surface area contributed by atoms with Crippen molar-refractivity contribution in [2.45, 2.75) is 53.1 Å². The van der Waals surface area contributed by atoms with Crippen LogP contribution in [0, 0.1) is 0 Å². The van der Waals surface area contributed by atoms with Gasteiger partial charge in [0.1, 0.15) is 5.76 Å². The molecular formula is C12H26O3Si2. The lowest BCUT2D eigenvalue weighted by Gasteiger charge is -2.21. The van der Waals surface area contributed by atoms with Crippen LogP contribution in [0.5, 0.6) is 0 Å².